The standard InChI is InChI=1S/C15H19BrClN/c16-10-12-5-1-7-13(17)15(12)18-9-3-6-11-4-2-8-14(11)18/h1,5,7,11,14H,2-4,6,8-10H2. The van der Waals surface area contributed by atoms with Crippen LogP contribution in [0.5, 0.6) is 0 Å². The Morgan fingerprint density at radius 3 is 2.89 bits per heavy atom. The number of para-hydroxylation sites is 1. The van der Waals surface area contributed by atoms with Gasteiger partial charge in [0.25, 0.3) is 0 Å². The molecule has 98 valence electrons. The number of alkyl halides is 1. The van der Waals surface area contributed by atoms with Crippen molar-refractivity contribution >= 4 is 33.2 Å². The third-order valence-electron chi connectivity index (χ3n) is 4.49. The van der Waals surface area contributed by atoms with Crippen molar-refractivity contribution in [2.24, 2.45) is 5.92 Å². The summed E-state index contributed by atoms with van der Waals surface area (Å²) >= 11 is 10.1. The molecular weight excluding hydrogens is 310 g/mol. The van der Waals surface area contributed by atoms with E-state index in [1.54, 1.807) is 0 Å². The monoisotopic (exact) mass is 327 g/mol. The minimum absolute atomic E-state index is 0.733. The quantitative estimate of drug-likeness (QED) is 0.690. The highest BCUT2D eigenvalue weighted by molar-refractivity contribution is 9.08. The molecule has 2 atom stereocenters. The van der Waals surface area contributed by atoms with Crippen LogP contribution in [-0.4, -0.2) is 12.6 Å². The Morgan fingerprint density at radius 1 is 1.22 bits per heavy atom. The Morgan fingerprint density at radius 2 is 2.06 bits per heavy atom. The van der Waals surface area contributed by atoms with Gasteiger partial charge >= 0.3 is 0 Å². The number of fused-ring (bicyclic) bond motifs is 1. The minimum atomic E-state index is 0.733. The predicted molar refractivity (Wildman–Crippen MR) is 81.8 cm³/mol. The molecule has 3 heteroatoms. The number of rotatable bonds is 2. The van der Waals surface area contributed by atoms with E-state index in [2.05, 4.69) is 33.0 Å². The van der Waals surface area contributed by atoms with Crippen molar-refractivity contribution in [3.05, 3.63) is 28.8 Å². The van der Waals surface area contributed by atoms with Crippen LogP contribution in [-0.2, 0) is 5.33 Å². The Bertz CT molecular complexity index is 435. The molecule has 3 rings (SSSR count). The molecule has 0 amide bonds. The van der Waals surface area contributed by atoms with E-state index in [9.17, 15) is 0 Å². The van der Waals surface area contributed by atoms with Gasteiger partial charge < -0.3 is 4.90 Å². The molecule has 1 saturated carbocycles. The Labute approximate surface area is 123 Å². The van der Waals surface area contributed by atoms with Gasteiger partial charge in [0.15, 0.2) is 0 Å². The van der Waals surface area contributed by atoms with Crippen LogP contribution in [0.4, 0.5) is 5.69 Å². The van der Waals surface area contributed by atoms with Crippen LogP contribution in [0, 0.1) is 5.92 Å². The topological polar surface area (TPSA) is 3.24 Å². The largest absolute Gasteiger partial charge is 0.367 e. The highest BCUT2D eigenvalue weighted by atomic mass is 79.9. The maximum absolute atomic E-state index is 6.47. The van der Waals surface area contributed by atoms with Crippen LogP contribution < -0.4 is 4.90 Å². The van der Waals surface area contributed by atoms with Crippen LogP contribution in [0.15, 0.2) is 18.2 Å². The molecule has 1 aromatic carbocycles. The van der Waals surface area contributed by atoms with Crippen LogP contribution in [0.3, 0.4) is 0 Å². The van der Waals surface area contributed by atoms with Gasteiger partial charge in [0, 0.05) is 17.9 Å². The van der Waals surface area contributed by atoms with E-state index < -0.39 is 0 Å². The first-order valence-corrected chi connectivity index (χ1v) is 8.41. The predicted octanol–water partition coefficient (Wildman–Crippen LogP) is 5.00. The van der Waals surface area contributed by atoms with E-state index in [-0.39, 0.29) is 0 Å². The van der Waals surface area contributed by atoms with Gasteiger partial charge in [-0.3, -0.25) is 0 Å². The van der Waals surface area contributed by atoms with Crippen molar-refractivity contribution in [1.29, 1.82) is 0 Å². The number of hydrogen-bond donors (Lipinski definition) is 0. The summed E-state index contributed by atoms with van der Waals surface area (Å²) in [5, 5.41) is 1.80. The summed E-state index contributed by atoms with van der Waals surface area (Å²) in [6, 6.07) is 7.01. The molecule has 0 radical (unpaired) electrons. The number of nitrogens with zero attached hydrogens (tertiary/aromatic N) is 1. The molecular formula is C15H19BrClN. The zero-order valence-corrected chi connectivity index (χ0v) is 12.9. The van der Waals surface area contributed by atoms with Crippen molar-refractivity contribution in [2.45, 2.75) is 43.5 Å². The van der Waals surface area contributed by atoms with E-state index in [0.29, 0.717) is 0 Å². The fraction of sp³-hybridized carbons (Fsp3) is 0.600. The molecule has 0 spiro atoms. The Balaban J connectivity index is 1.98. The van der Waals surface area contributed by atoms with Crippen molar-refractivity contribution in [3.63, 3.8) is 0 Å². The summed E-state index contributed by atoms with van der Waals surface area (Å²) < 4.78 is 0. The second kappa shape index (κ2) is 5.42. The van der Waals surface area contributed by atoms with Gasteiger partial charge in [-0.1, -0.05) is 46.1 Å². The Hall–Kier alpha value is -0.210. The number of anilines is 1. The van der Waals surface area contributed by atoms with Gasteiger partial charge in [-0.15, -0.1) is 0 Å². The maximum atomic E-state index is 6.47. The molecule has 1 saturated heterocycles. The zero-order valence-electron chi connectivity index (χ0n) is 10.5. The number of hydrogen-bond acceptors (Lipinski definition) is 1. The smallest absolute Gasteiger partial charge is 0.0642 e. The van der Waals surface area contributed by atoms with Crippen molar-refractivity contribution in [3.8, 4) is 0 Å². The maximum Gasteiger partial charge on any atom is 0.0642 e. The fourth-order valence-electron chi connectivity index (χ4n) is 3.72. The molecule has 2 aliphatic rings. The van der Waals surface area contributed by atoms with E-state index in [4.69, 9.17) is 11.6 Å². The lowest BCUT2D eigenvalue weighted by molar-refractivity contribution is 0.362. The van der Waals surface area contributed by atoms with E-state index in [1.165, 1.54) is 49.9 Å². The van der Waals surface area contributed by atoms with Crippen LogP contribution in [0.1, 0.15) is 37.7 Å². The molecule has 2 fully saturated rings. The lowest BCUT2D eigenvalue weighted by atomic mass is 9.91. The third kappa shape index (κ3) is 2.18. The molecule has 1 aromatic rings. The highest BCUT2D eigenvalue weighted by Crippen LogP contribution is 2.42. The molecule has 0 aromatic heterocycles. The lowest BCUT2D eigenvalue weighted by Crippen LogP contribution is -2.43. The van der Waals surface area contributed by atoms with Crippen LogP contribution in [0.2, 0.25) is 5.02 Å². The first-order chi connectivity index (χ1) is 8.81. The Kier molecular flexibility index (Phi) is 3.86. The third-order valence-corrected chi connectivity index (χ3v) is 5.40. The van der Waals surface area contributed by atoms with E-state index in [0.717, 1.165) is 22.3 Å². The fourth-order valence-corrected chi connectivity index (χ4v) is 4.48. The molecule has 2 unspecified atom stereocenters. The summed E-state index contributed by atoms with van der Waals surface area (Å²) in [6.45, 7) is 1.17. The molecule has 1 aliphatic heterocycles. The summed E-state index contributed by atoms with van der Waals surface area (Å²) in [6.07, 6.45) is 6.87. The number of halogens is 2. The van der Waals surface area contributed by atoms with Crippen molar-refractivity contribution in [1.82, 2.24) is 0 Å². The van der Waals surface area contributed by atoms with Crippen LogP contribution >= 0.6 is 27.5 Å². The molecule has 1 aliphatic carbocycles. The van der Waals surface area contributed by atoms with Crippen molar-refractivity contribution in [2.75, 3.05) is 11.4 Å². The van der Waals surface area contributed by atoms with E-state index >= 15 is 0 Å². The molecule has 18 heavy (non-hydrogen) atoms. The second-order valence-corrected chi connectivity index (χ2v) is 6.44. The minimum Gasteiger partial charge on any atom is -0.367 e. The van der Waals surface area contributed by atoms with Crippen LogP contribution in [0.25, 0.3) is 0 Å². The van der Waals surface area contributed by atoms with Gasteiger partial charge in [0.1, 0.15) is 0 Å². The summed E-state index contributed by atoms with van der Waals surface area (Å²) in [4.78, 5) is 2.60. The molecule has 1 nitrogen and oxygen atoms in total. The average Bonchev–Trinajstić information content (AvgIpc) is 2.86. The number of piperidine rings is 1. The average molecular weight is 329 g/mol. The summed E-state index contributed by atoms with van der Waals surface area (Å²) in [7, 11) is 0. The summed E-state index contributed by atoms with van der Waals surface area (Å²) in [5.41, 5.74) is 2.61. The molecule has 0 N–H and O–H groups in total. The number of benzene rings is 1. The van der Waals surface area contributed by atoms with Gasteiger partial charge in [-0.2, -0.15) is 0 Å². The first-order valence-electron chi connectivity index (χ1n) is 6.91. The van der Waals surface area contributed by atoms with Gasteiger partial charge in [-0.05, 0) is 43.2 Å². The lowest BCUT2D eigenvalue weighted by Gasteiger charge is -2.40. The highest BCUT2D eigenvalue weighted by Gasteiger charge is 2.36. The van der Waals surface area contributed by atoms with E-state index in [1.807, 2.05) is 6.07 Å². The zero-order chi connectivity index (χ0) is 12.5. The second-order valence-electron chi connectivity index (χ2n) is 5.48. The SMILES string of the molecule is Clc1cccc(CBr)c1N1CCCC2CCCC21. The normalized spacial score (nSPS) is 27.3. The summed E-state index contributed by atoms with van der Waals surface area (Å²) in [5.74, 6) is 0.901. The first kappa shape index (κ1) is 12.8. The van der Waals surface area contributed by atoms with Gasteiger partial charge in [-0.25, -0.2) is 0 Å². The molecule has 0 bridgehead atoms. The van der Waals surface area contributed by atoms with Gasteiger partial charge in [0.2, 0.25) is 0 Å². The van der Waals surface area contributed by atoms with Gasteiger partial charge in [0.05, 0.1) is 10.7 Å². The molecule has 1 heterocycles. The van der Waals surface area contributed by atoms with Crippen molar-refractivity contribution < 1.29 is 0 Å².